The fourth-order valence-electron chi connectivity index (χ4n) is 2.31. The van der Waals surface area contributed by atoms with E-state index in [0.717, 1.165) is 25.2 Å². The standard InChI is InChI=1S/C12H17N3O/c16-12-6-5-11(9-3-4-9)14-15(12)8-10-2-1-7-13-10/h5-6,9-10,13H,1-4,7-8H2. The van der Waals surface area contributed by atoms with Crippen molar-refractivity contribution in [2.45, 2.75) is 44.2 Å². The van der Waals surface area contributed by atoms with Gasteiger partial charge in [0.25, 0.3) is 5.56 Å². The summed E-state index contributed by atoms with van der Waals surface area (Å²) < 4.78 is 1.64. The first-order chi connectivity index (χ1) is 7.83. The van der Waals surface area contributed by atoms with Crippen molar-refractivity contribution < 1.29 is 0 Å². The third-order valence-corrected chi connectivity index (χ3v) is 3.44. The lowest BCUT2D eigenvalue weighted by Gasteiger charge is -2.12. The molecule has 1 aliphatic carbocycles. The molecule has 1 saturated carbocycles. The second kappa shape index (κ2) is 4.01. The largest absolute Gasteiger partial charge is 0.312 e. The number of nitrogens with zero attached hydrogens (tertiary/aromatic N) is 2. The van der Waals surface area contributed by atoms with E-state index in [1.807, 2.05) is 6.07 Å². The van der Waals surface area contributed by atoms with Crippen molar-refractivity contribution >= 4 is 0 Å². The Bertz CT molecular complexity index is 430. The second-order valence-corrected chi connectivity index (χ2v) is 4.85. The van der Waals surface area contributed by atoms with E-state index in [0.29, 0.717) is 12.0 Å². The fourth-order valence-corrected chi connectivity index (χ4v) is 2.31. The molecule has 0 bridgehead atoms. The molecule has 2 aliphatic rings. The zero-order chi connectivity index (χ0) is 11.0. The average Bonchev–Trinajstić information content (AvgIpc) is 3.01. The Morgan fingerprint density at radius 3 is 2.94 bits per heavy atom. The molecule has 1 aromatic heterocycles. The van der Waals surface area contributed by atoms with Gasteiger partial charge in [0.2, 0.25) is 0 Å². The highest BCUT2D eigenvalue weighted by molar-refractivity contribution is 5.12. The topological polar surface area (TPSA) is 46.9 Å². The number of rotatable bonds is 3. The van der Waals surface area contributed by atoms with E-state index >= 15 is 0 Å². The molecule has 1 unspecified atom stereocenters. The van der Waals surface area contributed by atoms with Gasteiger partial charge in [0.15, 0.2) is 0 Å². The van der Waals surface area contributed by atoms with Crippen molar-refractivity contribution in [1.82, 2.24) is 15.1 Å². The van der Waals surface area contributed by atoms with Gasteiger partial charge in [-0.25, -0.2) is 4.68 Å². The van der Waals surface area contributed by atoms with Gasteiger partial charge in [-0.1, -0.05) is 0 Å². The van der Waals surface area contributed by atoms with Crippen molar-refractivity contribution in [3.8, 4) is 0 Å². The van der Waals surface area contributed by atoms with Crippen molar-refractivity contribution in [3.05, 3.63) is 28.2 Å². The van der Waals surface area contributed by atoms with Crippen molar-refractivity contribution in [2.24, 2.45) is 0 Å². The maximum Gasteiger partial charge on any atom is 0.266 e. The van der Waals surface area contributed by atoms with Gasteiger partial charge in [0.1, 0.15) is 0 Å². The summed E-state index contributed by atoms with van der Waals surface area (Å²) in [5, 5.41) is 7.86. The lowest BCUT2D eigenvalue weighted by molar-refractivity contribution is 0.454. The Morgan fingerprint density at radius 1 is 1.38 bits per heavy atom. The summed E-state index contributed by atoms with van der Waals surface area (Å²) in [4.78, 5) is 11.7. The first kappa shape index (κ1) is 10.0. The predicted octanol–water partition coefficient (Wildman–Crippen LogP) is 0.873. The molecule has 0 radical (unpaired) electrons. The summed E-state index contributed by atoms with van der Waals surface area (Å²) in [5.74, 6) is 0.614. The number of hydrogen-bond donors (Lipinski definition) is 1. The van der Waals surface area contributed by atoms with Gasteiger partial charge >= 0.3 is 0 Å². The Kier molecular flexibility index (Phi) is 2.52. The highest BCUT2D eigenvalue weighted by Gasteiger charge is 2.26. The minimum absolute atomic E-state index is 0.0260. The van der Waals surface area contributed by atoms with E-state index in [-0.39, 0.29) is 5.56 Å². The van der Waals surface area contributed by atoms with Crippen molar-refractivity contribution in [1.29, 1.82) is 0 Å². The van der Waals surface area contributed by atoms with Crippen molar-refractivity contribution in [3.63, 3.8) is 0 Å². The molecule has 0 spiro atoms. The van der Waals surface area contributed by atoms with Crippen molar-refractivity contribution in [2.75, 3.05) is 6.54 Å². The van der Waals surface area contributed by atoms with Crippen LogP contribution in [0.3, 0.4) is 0 Å². The van der Waals surface area contributed by atoms with Gasteiger partial charge in [-0.2, -0.15) is 5.10 Å². The van der Waals surface area contributed by atoms with E-state index in [1.165, 1.54) is 19.3 Å². The van der Waals surface area contributed by atoms with Crippen LogP contribution in [0.15, 0.2) is 16.9 Å². The minimum Gasteiger partial charge on any atom is -0.312 e. The summed E-state index contributed by atoms with van der Waals surface area (Å²) in [6.07, 6.45) is 4.82. The molecule has 2 heterocycles. The first-order valence-electron chi connectivity index (χ1n) is 6.14. The molecule has 0 amide bonds. The van der Waals surface area contributed by atoms with Gasteiger partial charge < -0.3 is 5.32 Å². The molecule has 1 aromatic rings. The van der Waals surface area contributed by atoms with Crippen LogP contribution in [0.5, 0.6) is 0 Å². The lowest BCUT2D eigenvalue weighted by atomic mass is 10.2. The minimum atomic E-state index is 0.0260. The van der Waals surface area contributed by atoms with Crippen LogP contribution >= 0.6 is 0 Å². The Balaban J connectivity index is 1.80. The first-order valence-corrected chi connectivity index (χ1v) is 6.14. The third-order valence-electron chi connectivity index (χ3n) is 3.44. The van der Waals surface area contributed by atoms with Crippen LogP contribution < -0.4 is 10.9 Å². The van der Waals surface area contributed by atoms with E-state index in [9.17, 15) is 4.79 Å². The summed E-state index contributed by atoms with van der Waals surface area (Å²) >= 11 is 0. The molecule has 1 N–H and O–H groups in total. The Labute approximate surface area is 94.7 Å². The summed E-state index contributed by atoms with van der Waals surface area (Å²) in [7, 11) is 0. The van der Waals surface area contributed by atoms with Crippen LogP contribution in [-0.2, 0) is 6.54 Å². The Hall–Kier alpha value is -1.16. The zero-order valence-corrected chi connectivity index (χ0v) is 9.35. The summed E-state index contributed by atoms with van der Waals surface area (Å²) in [6, 6.07) is 3.98. The predicted molar refractivity (Wildman–Crippen MR) is 61.5 cm³/mol. The Morgan fingerprint density at radius 2 is 2.25 bits per heavy atom. The van der Waals surface area contributed by atoms with Crippen LogP contribution in [-0.4, -0.2) is 22.4 Å². The van der Waals surface area contributed by atoms with E-state index in [1.54, 1.807) is 10.7 Å². The molecule has 1 aliphatic heterocycles. The molecular formula is C12H17N3O. The highest BCUT2D eigenvalue weighted by atomic mass is 16.1. The maximum absolute atomic E-state index is 11.7. The third kappa shape index (κ3) is 2.02. The number of aromatic nitrogens is 2. The molecule has 3 rings (SSSR count). The van der Waals surface area contributed by atoms with Gasteiger partial charge in [0.05, 0.1) is 12.2 Å². The maximum atomic E-state index is 11.7. The van der Waals surface area contributed by atoms with Gasteiger partial charge in [-0.05, 0) is 38.3 Å². The van der Waals surface area contributed by atoms with Crippen LogP contribution in [0.2, 0.25) is 0 Å². The number of nitrogens with one attached hydrogen (secondary N) is 1. The highest BCUT2D eigenvalue weighted by Crippen LogP contribution is 2.38. The van der Waals surface area contributed by atoms with E-state index in [2.05, 4.69) is 10.4 Å². The second-order valence-electron chi connectivity index (χ2n) is 4.85. The molecular weight excluding hydrogens is 202 g/mol. The van der Waals surface area contributed by atoms with Crippen LogP contribution in [0.4, 0.5) is 0 Å². The molecule has 4 heteroatoms. The molecule has 2 fully saturated rings. The molecule has 1 atom stereocenters. The van der Waals surface area contributed by atoms with E-state index in [4.69, 9.17) is 0 Å². The summed E-state index contributed by atoms with van der Waals surface area (Å²) in [5.41, 5.74) is 1.12. The van der Waals surface area contributed by atoms with Crippen LogP contribution in [0.1, 0.15) is 37.3 Å². The average molecular weight is 219 g/mol. The SMILES string of the molecule is O=c1ccc(C2CC2)nn1CC1CCCN1. The molecule has 86 valence electrons. The van der Waals surface area contributed by atoms with Gasteiger partial charge in [-0.3, -0.25) is 4.79 Å². The normalized spacial score (nSPS) is 24.9. The zero-order valence-electron chi connectivity index (χ0n) is 9.35. The fraction of sp³-hybridized carbons (Fsp3) is 0.667. The molecule has 16 heavy (non-hydrogen) atoms. The molecule has 1 saturated heterocycles. The molecule has 4 nitrogen and oxygen atoms in total. The van der Waals surface area contributed by atoms with E-state index < -0.39 is 0 Å². The molecule has 0 aromatic carbocycles. The van der Waals surface area contributed by atoms with Gasteiger partial charge in [-0.15, -0.1) is 0 Å². The van der Waals surface area contributed by atoms with Crippen LogP contribution in [0, 0.1) is 0 Å². The van der Waals surface area contributed by atoms with Gasteiger partial charge in [0, 0.05) is 18.0 Å². The monoisotopic (exact) mass is 219 g/mol. The lowest BCUT2D eigenvalue weighted by Crippen LogP contribution is -2.33. The van der Waals surface area contributed by atoms with Crippen LogP contribution in [0.25, 0.3) is 0 Å². The smallest absolute Gasteiger partial charge is 0.266 e. The summed E-state index contributed by atoms with van der Waals surface area (Å²) in [6.45, 7) is 1.79. The quantitative estimate of drug-likeness (QED) is 0.820. The number of hydrogen-bond acceptors (Lipinski definition) is 3.